The largest absolute Gasteiger partial charge is 0.386 e. The smallest absolute Gasteiger partial charge is 0.0968 e. The van der Waals surface area contributed by atoms with E-state index in [1.807, 2.05) is 12.1 Å². The van der Waals surface area contributed by atoms with Crippen LogP contribution in [0.15, 0.2) is 24.3 Å². The molecule has 18 heavy (non-hydrogen) atoms. The molecular weight excluding hydrogens is 222 g/mol. The zero-order chi connectivity index (χ0) is 13.2. The van der Waals surface area contributed by atoms with Gasteiger partial charge in [0.1, 0.15) is 0 Å². The zero-order valence-corrected chi connectivity index (χ0v) is 11.8. The fraction of sp³-hybridized carbons (Fsp3) is 0.625. The van der Waals surface area contributed by atoms with Gasteiger partial charge in [0.25, 0.3) is 0 Å². The number of likely N-dealkylation sites (tertiary alicyclic amines) is 1. The number of nitrogens with zero attached hydrogens (tertiary/aromatic N) is 1. The average molecular weight is 247 g/mol. The van der Waals surface area contributed by atoms with Crippen molar-refractivity contribution < 1.29 is 5.11 Å². The molecule has 0 saturated carbocycles. The quantitative estimate of drug-likeness (QED) is 0.886. The summed E-state index contributed by atoms with van der Waals surface area (Å²) < 4.78 is 0. The molecule has 2 nitrogen and oxygen atoms in total. The fourth-order valence-electron chi connectivity index (χ4n) is 2.89. The second kappa shape index (κ2) is 5.41. The molecule has 0 spiro atoms. The van der Waals surface area contributed by atoms with Gasteiger partial charge in [0.15, 0.2) is 0 Å². The van der Waals surface area contributed by atoms with E-state index >= 15 is 0 Å². The second-order valence-corrected chi connectivity index (χ2v) is 6.02. The van der Waals surface area contributed by atoms with Crippen LogP contribution < -0.4 is 0 Å². The molecule has 1 aliphatic rings. The van der Waals surface area contributed by atoms with E-state index in [4.69, 9.17) is 0 Å². The summed E-state index contributed by atoms with van der Waals surface area (Å²) in [5.41, 5.74) is 2.06. The third kappa shape index (κ3) is 2.76. The molecule has 1 N–H and O–H groups in total. The van der Waals surface area contributed by atoms with Crippen molar-refractivity contribution >= 4 is 0 Å². The summed E-state index contributed by atoms with van der Waals surface area (Å²) >= 11 is 0. The fourth-order valence-corrected chi connectivity index (χ4v) is 2.89. The van der Waals surface area contributed by atoms with Crippen LogP contribution in [-0.2, 0) is 0 Å². The normalized spacial score (nSPS) is 19.8. The Balaban J connectivity index is 2.17. The molecule has 1 aromatic carbocycles. The summed E-state index contributed by atoms with van der Waals surface area (Å²) in [4.78, 5) is 2.43. The monoisotopic (exact) mass is 247 g/mol. The third-order valence-electron chi connectivity index (χ3n) is 4.20. The molecule has 1 atom stereocenters. The van der Waals surface area contributed by atoms with Crippen LogP contribution in [0.5, 0.6) is 0 Å². The number of benzene rings is 1. The zero-order valence-electron chi connectivity index (χ0n) is 11.8. The van der Waals surface area contributed by atoms with Gasteiger partial charge in [0.2, 0.25) is 0 Å². The minimum Gasteiger partial charge on any atom is -0.386 e. The molecule has 1 saturated heterocycles. The molecule has 2 heteroatoms. The van der Waals surface area contributed by atoms with Gasteiger partial charge in [0, 0.05) is 5.54 Å². The number of aliphatic hydroxyl groups excluding tert-OH is 1. The van der Waals surface area contributed by atoms with Crippen molar-refractivity contribution in [2.24, 2.45) is 0 Å². The lowest BCUT2D eigenvalue weighted by atomic mass is 9.87. The summed E-state index contributed by atoms with van der Waals surface area (Å²) in [5, 5.41) is 10.7. The van der Waals surface area contributed by atoms with Gasteiger partial charge >= 0.3 is 0 Å². The van der Waals surface area contributed by atoms with Gasteiger partial charge in [-0.05, 0) is 52.3 Å². The van der Waals surface area contributed by atoms with Gasteiger partial charge < -0.3 is 5.11 Å². The predicted octanol–water partition coefficient (Wildman–Crippen LogP) is 3.29. The van der Waals surface area contributed by atoms with Crippen LogP contribution in [-0.4, -0.2) is 28.6 Å². The predicted molar refractivity (Wildman–Crippen MR) is 75.6 cm³/mol. The van der Waals surface area contributed by atoms with E-state index in [2.05, 4.69) is 37.8 Å². The first-order chi connectivity index (χ1) is 8.51. The van der Waals surface area contributed by atoms with E-state index in [1.165, 1.54) is 24.8 Å². The molecule has 0 radical (unpaired) electrons. The number of aryl methyl sites for hydroxylation is 1. The molecule has 1 aromatic rings. The molecular formula is C16H25NO. The Labute approximate surface area is 111 Å². The SMILES string of the molecule is Cc1cccc(C(O)C(C)(C)N2CCCCC2)c1. The number of aliphatic hydroxyl groups is 1. The Hall–Kier alpha value is -0.860. The summed E-state index contributed by atoms with van der Waals surface area (Å²) in [6, 6.07) is 8.23. The Bertz CT molecular complexity index is 394. The third-order valence-corrected chi connectivity index (χ3v) is 4.20. The molecule has 1 fully saturated rings. The van der Waals surface area contributed by atoms with Gasteiger partial charge in [-0.2, -0.15) is 0 Å². The summed E-state index contributed by atoms with van der Waals surface area (Å²) in [7, 11) is 0. The first kappa shape index (κ1) is 13.6. The summed E-state index contributed by atoms with van der Waals surface area (Å²) in [6.07, 6.45) is 3.41. The second-order valence-electron chi connectivity index (χ2n) is 6.02. The van der Waals surface area contributed by atoms with E-state index in [9.17, 15) is 5.11 Å². The highest BCUT2D eigenvalue weighted by Crippen LogP contribution is 2.33. The topological polar surface area (TPSA) is 23.5 Å². The van der Waals surface area contributed by atoms with Crippen molar-refractivity contribution in [3.05, 3.63) is 35.4 Å². The Morgan fingerprint density at radius 3 is 2.44 bits per heavy atom. The van der Waals surface area contributed by atoms with Gasteiger partial charge in [-0.3, -0.25) is 4.90 Å². The van der Waals surface area contributed by atoms with Crippen molar-refractivity contribution in [3.63, 3.8) is 0 Å². The van der Waals surface area contributed by atoms with Crippen LogP contribution in [0, 0.1) is 6.92 Å². The first-order valence-electron chi connectivity index (χ1n) is 7.01. The van der Waals surface area contributed by atoms with Gasteiger partial charge in [-0.1, -0.05) is 36.2 Å². The van der Waals surface area contributed by atoms with Gasteiger partial charge in [-0.15, -0.1) is 0 Å². The van der Waals surface area contributed by atoms with Crippen molar-refractivity contribution in [2.45, 2.75) is 51.7 Å². The van der Waals surface area contributed by atoms with Crippen LogP contribution >= 0.6 is 0 Å². The maximum Gasteiger partial charge on any atom is 0.0968 e. The van der Waals surface area contributed by atoms with E-state index in [1.54, 1.807) is 0 Å². The summed E-state index contributed by atoms with van der Waals surface area (Å²) in [6.45, 7) is 8.60. The van der Waals surface area contributed by atoms with Crippen LogP contribution in [0.25, 0.3) is 0 Å². The maximum absolute atomic E-state index is 10.7. The van der Waals surface area contributed by atoms with Crippen LogP contribution in [0.4, 0.5) is 0 Å². The van der Waals surface area contributed by atoms with E-state index in [0.717, 1.165) is 18.7 Å². The molecule has 0 aliphatic carbocycles. The first-order valence-corrected chi connectivity index (χ1v) is 7.01. The van der Waals surface area contributed by atoms with Crippen LogP contribution in [0.2, 0.25) is 0 Å². The molecule has 1 heterocycles. The Morgan fingerprint density at radius 2 is 1.83 bits per heavy atom. The Kier molecular flexibility index (Phi) is 4.08. The maximum atomic E-state index is 10.7. The highest BCUT2D eigenvalue weighted by atomic mass is 16.3. The van der Waals surface area contributed by atoms with Crippen LogP contribution in [0.3, 0.4) is 0 Å². The van der Waals surface area contributed by atoms with Gasteiger partial charge in [0.05, 0.1) is 6.10 Å². The minimum atomic E-state index is -0.421. The standard InChI is InChI=1S/C16H25NO/c1-13-8-7-9-14(12-13)15(18)16(2,3)17-10-5-4-6-11-17/h7-9,12,15,18H,4-6,10-11H2,1-3H3. The Morgan fingerprint density at radius 1 is 1.17 bits per heavy atom. The van der Waals surface area contributed by atoms with Crippen LogP contribution in [0.1, 0.15) is 50.3 Å². The molecule has 0 bridgehead atoms. The average Bonchev–Trinajstić information content (AvgIpc) is 2.39. The highest BCUT2D eigenvalue weighted by Gasteiger charge is 2.35. The molecule has 0 amide bonds. The summed E-state index contributed by atoms with van der Waals surface area (Å²) in [5.74, 6) is 0. The number of hydrogen-bond donors (Lipinski definition) is 1. The van der Waals surface area contributed by atoms with E-state index < -0.39 is 6.10 Å². The van der Waals surface area contributed by atoms with Crippen molar-refractivity contribution in [3.8, 4) is 0 Å². The number of rotatable bonds is 3. The number of hydrogen-bond acceptors (Lipinski definition) is 2. The molecule has 100 valence electrons. The lowest BCUT2D eigenvalue weighted by Gasteiger charge is -2.44. The van der Waals surface area contributed by atoms with Crippen molar-refractivity contribution in [1.29, 1.82) is 0 Å². The van der Waals surface area contributed by atoms with Gasteiger partial charge in [-0.25, -0.2) is 0 Å². The minimum absolute atomic E-state index is 0.186. The molecule has 0 aromatic heterocycles. The highest BCUT2D eigenvalue weighted by molar-refractivity contribution is 5.26. The molecule has 1 unspecified atom stereocenters. The van der Waals surface area contributed by atoms with E-state index in [-0.39, 0.29) is 5.54 Å². The lowest BCUT2D eigenvalue weighted by Crippen LogP contribution is -2.50. The molecule has 1 aliphatic heterocycles. The number of piperidine rings is 1. The van der Waals surface area contributed by atoms with Crippen molar-refractivity contribution in [1.82, 2.24) is 4.90 Å². The lowest BCUT2D eigenvalue weighted by molar-refractivity contribution is -0.0209. The molecule has 2 rings (SSSR count). The van der Waals surface area contributed by atoms with E-state index in [0.29, 0.717) is 0 Å². The van der Waals surface area contributed by atoms with Crippen molar-refractivity contribution in [2.75, 3.05) is 13.1 Å².